The van der Waals surface area contributed by atoms with Crippen molar-refractivity contribution in [2.24, 2.45) is 0 Å². The van der Waals surface area contributed by atoms with Gasteiger partial charge in [-0.2, -0.15) is 0 Å². The second-order valence-electron chi connectivity index (χ2n) is 10.0. The third-order valence-corrected chi connectivity index (χ3v) is 8.83. The van der Waals surface area contributed by atoms with Crippen molar-refractivity contribution >= 4 is 75.9 Å². The second kappa shape index (κ2) is 7.79. The predicted molar refractivity (Wildman–Crippen MR) is 166 cm³/mol. The monoisotopic (exact) mass is 515 g/mol. The van der Waals surface area contributed by atoms with Crippen LogP contribution in [0.5, 0.6) is 0 Å². The normalized spacial score (nSPS) is 12.1. The molecule has 3 aromatic heterocycles. The number of rotatable bonds is 2. The number of para-hydroxylation sites is 3. The highest BCUT2D eigenvalue weighted by molar-refractivity contribution is 7.16. The van der Waals surface area contributed by atoms with Crippen LogP contribution in [-0.2, 0) is 0 Å². The minimum Gasteiger partial charge on any atom is -0.309 e. The van der Waals surface area contributed by atoms with Gasteiger partial charge < -0.3 is 9.13 Å². The van der Waals surface area contributed by atoms with Crippen molar-refractivity contribution in [3.63, 3.8) is 0 Å². The highest BCUT2D eigenvalue weighted by Crippen LogP contribution is 2.46. The molecule has 0 N–H and O–H groups in total. The van der Waals surface area contributed by atoms with Crippen LogP contribution in [0.15, 0.2) is 127 Å². The summed E-state index contributed by atoms with van der Waals surface area (Å²) >= 11 is 1.68. The molecule has 0 saturated heterocycles. The fraction of sp³-hybridized carbons (Fsp3) is 0. The smallest absolute Gasteiger partial charge is 0.0832 e. The Morgan fingerprint density at radius 1 is 0.487 bits per heavy atom. The van der Waals surface area contributed by atoms with Gasteiger partial charge in [-0.3, -0.25) is 0 Å². The van der Waals surface area contributed by atoms with Crippen molar-refractivity contribution in [2.75, 3.05) is 0 Å². The maximum absolute atomic E-state index is 4.66. The van der Waals surface area contributed by atoms with Gasteiger partial charge in [0.2, 0.25) is 0 Å². The average molecular weight is 516 g/mol. The Labute approximate surface area is 227 Å². The van der Waals surface area contributed by atoms with Crippen LogP contribution in [0.4, 0.5) is 0 Å². The molecule has 0 fully saturated rings. The first-order chi connectivity index (χ1) is 19.4. The van der Waals surface area contributed by atoms with Crippen LogP contribution in [-0.4, -0.2) is 14.1 Å². The van der Waals surface area contributed by atoms with E-state index in [-0.39, 0.29) is 0 Å². The first-order valence-corrected chi connectivity index (χ1v) is 14.0. The molecule has 0 unspecified atom stereocenters. The first-order valence-electron chi connectivity index (χ1n) is 13.1. The topological polar surface area (TPSA) is 22.8 Å². The molecule has 3 heterocycles. The lowest BCUT2D eigenvalue weighted by atomic mass is 9.99. The largest absolute Gasteiger partial charge is 0.309 e. The summed E-state index contributed by atoms with van der Waals surface area (Å²) in [5.74, 6) is 0. The van der Waals surface area contributed by atoms with Gasteiger partial charge in [-0.05, 0) is 47.9 Å². The molecule has 9 rings (SSSR count). The Bertz CT molecular complexity index is 2390. The van der Waals surface area contributed by atoms with Crippen molar-refractivity contribution in [1.29, 1.82) is 0 Å². The molecule has 0 amide bonds. The van der Waals surface area contributed by atoms with E-state index in [1.54, 1.807) is 11.3 Å². The van der Waals surface area contributed by atoms with Crippen LogP contribution < -0.4 is 0 Å². The van der Waals surface area contributed by atoms with E-state index in [1.807, 2.05) is 5.51 Å². The molecule has 0 bridgehead atoms. The summed E-state index contributed by atoms with van der Waals surface area (Å²) in [5.41, 5.74) is 10.2. The van der Waals surface area contributed by atoms with E-state index >= 15 is 0 Å². The molecule has 39 heavy (non-hydrogen) atoms. The molecule has 3 nitrogen and oxygen atoms in total. The lowest BCUT2D eigenvalue weighted by molar-refractivity contribution is 1.18. The quantitative estimate of drug-likeness (QED) is 0.225. The molecule has 0 saturated carbocycles. The molecule has 6 aromatic carbocycles. The van der Waals surface area contributed by atoms with E-state index in [0.717, 1.165) is 11.2 Å². The zero-order valence-electron chi connectivity index (χ0n) is 20.9. The summed E-state index contributed by atoms with van der Waals surface area (Å²) in [4.78, 5) is 4.66. The molecular weight excluding hydrogens is 494 g/mol. The maximum Gasteiger partial charge on any atom is 0.0832 e. The zero-order chi connectivity index (χ0) is 25.5. The summed E-state index contributed by atoms with van der Waals surface area (Å²) in [6.07, 6.45) is 0. The fourth-order valence-corrected chi connectivity index (χ4v) is 7.15. The molecular formula is C35H21N3S. The summed E-state index contributed by atoms with van der Waals surface area (Å²) in [7, 11) is 0. The third kappa shape index (κ3) is 2.78. The summed E-state index contributed by atoms with van der Waals surface area (Å²) in [6.45, 7) is 0. The molecule has 0 radical (unpaired) electrons. The summed E-state index contributed by atoms with van der Waals surface area (Å²) in [6, 6.07) is 43.9. The number of hydrogen-bond donors (Lipinski definition) is 0. The second-order valence-corrected chi connectivity index (χ2v) is 10.9. The number of nitrogens with zero attached hydrogens (tertiary/aromatic N) is 3. The molecule has 0 atom stereocenters. The van der Waals surface area contributed by atoms with Crippen LogP contribution in [0.1, 0.15) is 0 Å². The van der Waals surface area contributed by atoms with E-state index in [2.05, 4.69) is 135 Å². The molecule has 182 valence electrons. The van der Waals surface area contributed by atoms with Gasteiger partial charge in [-0.15, -0.1) is 11.3 Å². The lowest BCUT2D eigenvalue weighted by Crippen LogP contribution is -1.96. The van der Waals surface area contributed by atoms with Crippen LogP contribution in [0, 0.1) is 0 Å². The SMILES string of the molecule is c1ccc(-n2c3ccccc3c3c2c2ccccc2c2c4ccccc4n(-c4ccc5scnc5c4)c23)cc1. The standard InChI is InChI=1S/C35H21N3S/c1-2-10-22(11-3-1)37-30-17-9-7-15-27(30)33-34(37)25-13-5-4-12-24(25)32-26-14-6-8-16-29(26)38(35(32)33)23-18-19-31-28(20-23)36-21-39-31/h1-21H. The van der Waals surface area contributed by atoms with Gasteiger partial charge >= 0.3 is 0 Å². The van der Waals surface area contributed by atoms with Crippen molar-refractivity contribution < 1.29 is 0 Å². The van der Waals surface area contributed by atoms with Crippen molar-refractivity contribution in [3.05, 3.63) is 127 Å². The number of aromatic nitrogens is 3. The van der Waals surface area contributed by atoms with E-state index in [0.29, 0.717) is 0 Å². The fourth-order valence-electron chi connectivity index (χ4n) is 6.49. The van der Waals surface area contributed by atoms with Gasteiger partial charge in [0.05, 0.1) is 37.8 Å². The van der Waals surface area contributed by atoms with Crippen LogP contribution in [0.25, 0.3) is 76.0 Å². The van der Waals surface area contributed by atoms with Crippen molar-refractivity contribution in [1.82, 2.24) is 14.1 Å². The maximum atomic E-state index is 4.66. The highest BCUT2D eigenvalue weighted by atomic mass is 32.1. The summed E-state index contributed by atoms with van der Waals surface area (Å²) in [5, 5.41) is 7.62. The van der Waals surface area contributed by atoms with E-state index in [4.69, 9.17) is 0 Å². The Hall–Kier alpha value is -4.93. The van der Waals surface area contributed by atoms with E-state index < -0.39 is 0 Å². The highest BCUT2D eigenvalue weighted by Gasteiger charge is 2.24. The van der Waals surface area contributed by atoms with Gasteiger partial charge in [0.15, 0.2) is 0 Å². The Morgan fingerprint density at radius 2 is 1.10 bits per heavy atom. The number of fused-ring (bicyclic) bond motifs is 11. The molecule has 0 spiro atoms. The lowest BCUT2D eigenvalue weighted by Gasteiger charge is -2.13. The summed E-state index contributed by atoms with van der Waals surface area (Å²) < 4.78 is 6.11. The van der Waals surface area contributed by atoms with Gasteiger partial charge in [0, 0.05) is 38.3 Å². The molecule has 0 aliphatic heterocycles. The van der Waals surface area contributed by atoms with E-state index in [1.165, 1.54) is 64.8 Å². The van der Waals surface area contributed by atoms with Crippen molar-refractivity contribution in [2.45, 2.75) is 0 Å². The van der Waals surface area contributed by atoms with Gasteiger partial charge in [0.1, 0.15) is 0 Å². The zero-order valence-corrected chi connectivity index (χ0v) is 21.7. The van der Waals surface area contributed by atoms with Crippen LogP contribution in [0.3, 0.4) is 0 Å². The molecule has 4 heteroatoms. The predicted octanol–water partition coefficient (Wildman–Crippen LogP) is 9.64. The third-order valence-electron chi connectivity index (χ3n) is 8.02. The van der Waals surface area contributed by atoms with Crippen molar-refractivity contribution in [3.8, 4) is 11.4 Å². The van der Waals surface area contributed by atoms with Gasteiger partial charge in [0.25, 0.3) is 0 Å². The number of hydrogen-bond acceptors (Lipinski definition) is 2. The molecule has 0 aliphatic carbocycles. The Balaban J connectivity index is 1.63. The minimum absolute atomic E-state index is 1.03. The number of thiazole rings is 1. The van der Waals surface area contributed by atoms with Gasteiger partial charge in [-0.1, -0.05) is 78.9 Å². The molecule has 0 aliphatic rings. The van der Waals surface area contributed by atoms with Crippen LogP contribution >= 0.6 is 11.3 Å². The van der Waals surface area contributed by atoms with Gasteiger partial charge in [-0.25, -0.2) is 4.98 Å². The first kappa shape index (κ1) is 21.1. The average Bonchev–Trinajstić information content (AvgIpc) is 3.70. The molecule has 9 aromatic rings. The number of benzene rings is 6. The Kier molecular flexibility index (Phi) is 4.21. The van der Waals surface area contributed by atoms with Crippen LogP contribution in [0.2, 0.25) is 0 Å². The van der Waals surface area contributed by atoms with E-state index in [9.17, 15) is 0 Å². The minimum atomic E-state index is 1.03. The Morgan fingerprint density at radius 3 is 1.87 bits per heavy atom.